The Balaban J connectivity index is 1.71. The van der Waals surface area contributed by atoms with E-state index >= 15 is 0 Å². The molecule has 5 atom stereocenters. The van der Waals surface area contributed by atoms with Gasteiger partial charge in [-0.2, -0.15) is 0 Å². The largest absolute Gasteiger partial charge is 0.508 e. The molecule has 4 rings (SSSR count). The van der Waals surface area contributed by atoms with E-state index in [4.69, 9.17) is 13.9 Å². The predicted molar refractivity (Wildman–Crippen MR) is 106 cm³/mol. The van der Waals surface area contributed by atoms with Crippen molar-refractivity contribution in [1.82, 2.24) is 0 Å². The Morgan fingerprint density at radius 2 is 1.65 bits per heavy atom. The Bertz CT molecular complexity index is 1190. The standard InChI is InChI=1S/C21H20O10/c1-8-18(26)19(27)20(28)21(29-8)31-15-4-9(2-3-11(15)23)14-7-13(25)17-12(24)5-10(22)6-16(17)30-14/h2-8,18-24,26-28H,1H3/t8-,18-,19+,20-,21-/m0/s1. The van der Waals surface area contributed by atoms with E-state index in [1.165, 1.54) is 31.2 Å². The maximum Gasteiger partial charge on any atom is 0.229 e. The maximum atomic E-state index is 12.4. The molecule has 10 nitrogen and oxygen atoms in total. The summed E-state index contributed by atoms with van der Waals surface area (Å²) in [6, 6.07) is 7.35. The van der Waals surface area contributed by atoms with Gasteiger partial charge in [0.05, 0.1) is 6.10 Å². The first-order chi connectivity index (χ1) is 14.7. The summed E-state index contributed by atoms with van der Waals surface area (Å²) in [5.74, 6) is -1.12. The topological polar surface area (TPSA) is 170 Å². The van der Waals surface area contributed by atoms with Crippen LogP contribution in [0.15, 0.2) is 45.6 Å². The molecule has 3 aromatic rings. The quantitative estimate of drug-likeness (QED) is 0.348. The van der Waals surface area contributed by atoms with E-state index in [-0.39, 0.29) is 34.0 Å². The summed E-state index contributed by atoms with van der Waals surface area (Å²) in [6.45, 7) is 1.49. The van der Waals surface area contributed by atoms with E-state index in [2.05, 4.69) is 0 Å². The van der Waals surface area contributed by atoms with Crippen LogP contribution in [0.1, 0.15) is 6.92 Å². The van der Waals surface area contributed by atoms with Crippen LogP contribution < -0.4 is 10.2 Å². The second-order valence-electron chi connectivity index (χ2n) is 7.29. The van der Waals surface area contributed by atoms with Gasteiger partial charge in [0.15, 0.2) is 16.9 Å². The molecule has 0 radical (unpaired) electrons. The van der Waals surface area contributed by atoms with Crippen molar-refractivity contribution in [3.05, 3.63) is 46.6 Å². The van der Waals surface area contributed by atoms with Gasteiger partial charge in [-0.25, -0.2) is 0 Å². The molecule has 1 aliphatic heterocycles. The zero-order valence-corrected chi connectivity index (χ0v) is 16.2. The van der Waals surface area contributed by atoms with Gasteiger partial charge < -0.3 is 44.5 Å². The zero-order chi connectivity index (χ0) is 22.4. The molecule has 1 saturated heterocycles. The molecule has 6 N–H and O–H groups in total. The first kappa shape index (κ1) is 20.9. The number of benzene rings is 2. The van der Waals surface area contributed by atoms with Crippen molar-refractivity contribution in [2.45, 2.75) is 37.6 Å². The Morgan fingerprint density at radius 3 is 2.39 bits per heavy atom. The number of hydrogen-bond donors (Lipinski definition) is 6. The summed E-state index contributed by atoms with van der Waals surface area (Å²) in [5.41, 5.74) is -0.303. The summed E-state index contributed by atoms with van der Waals surface area (Å²) in [7, 11) is 0. The third kappa shape index (κ3) is 3.77. The molecule has 0 spiro atoms. The molecule has 0 saturated carbocycles. The fraction of sp³-hybridized carbons (Fsp3) is 0.286. The molecule has 10 heteroatoms. The first-order valence-electron chi connectivity index (χ1n) is 9.35. The van der Waals surface area contributed by atoms with Gasteiger partial charge in [0.25, 0.3) is 0 Å². The van der Waals surface area contributed by atoms with E-state index in [9.17, 15) is 35.4 Å². The van der Waals surface area contributed by atoms with E-state index in [1.807, 2.05) is 0 Å². The van der Waals surface area contributed by atoms with Crippen molar-refractivity contribution in [2.75, 3.05) is 0 Å². The number of rotatable bonds is 3. The summed E-state index contributed by atoms with van der Waals surface area (Å²) >= 11 is 0. The van der Waals surface area contributed by atoms with Crippen molar-refractivity contribution < 1.29 is 44.5 Å². The van der Waals surface area contributed by atoms with Gasteiger partial charge in [-0.1, -0.05) is 0 Å². The summed E-state index contributed by atoms with van der Waals surface area (Å²) in [4.78, 5) is 12.4. The van der Waals surface area contributed by atoms with Crippen molar-refractivity contribution in [3.8, 4) is 34.3 Å². The molecule has 31 heavy (non-hydrogen) atoms. The average molecular weight is 432 g/mol. The summed E-state index contributed by atoms with van der Waals surface area (Å²) < 4.78 is 16.5. The lowest BCUT2D eigenvalue weighted by molar-refractivity contribution is -0.268. The highest BCUT2D eigenvalue weighted by Gasteiger charge is 2.43. The lowest BCUT2D eigenvalue weighted by atomic mass is 10.00. The third-order valence-corrected chi connectivity index (χ3v) is 5.09. The number of phenolic OH excluding ortho intramolecular Hbond substituents is 3. The van der Waals surface area contributed by atoms with Crippen molar-refractivity contribution in [2.24, 2.45) is 0 Å². The number of ether oxygens (including phenoxy) is 2. The van der Waals surface area contributed by atoms with Crippen LogP contribution in [0.4, 0.5) is 0 Å². The highest BCUT2D eigenvalue weighted by molar-refractivity contribution is 5.86. The number of aliphatic hydroxyl groups is 3. The molecule has 1 fully saturated rings. The van der Waals surface area contributed by atoms with Gasteiger partial charge in [-0.3, -0.25) is 4.79 Å². The molecule has 1 aromatic heterocycles. The molecule has 1 aliphatic rings. The number of hydrogen-bond acceptors (Lipinski definition) is 10. The van der Waals surface area contributed by atoms with Crippen molar-refractivity contribution in [1.29, 1.82) is 0 Å². The maximum absolute atomic E-state index is 12.4. The normalized spacial score (nSPS) is 26.1. The monoisotopic (exact) mass is 432 g/mol. The molecule has 0 bridgehead atoms. The highest BCUT2D eigenvalue weighted by Crippen LogP contribution is 2.36. The number of aliphatic hydroxyl groups excluding tert-OH is 3. The summed E-state index contributed by atoms with van der Waals surface area (Å²) in [5, 5.41) is 59.4. The zero-order valence-electron chi connectivity index (χ0n) is 16.2. The van der Waals surface area contributed by atoms with Crippen LogP contribution in [0.25, 0.3) is 22.3 Å². The minimum atomic E-state index is -1.58. The predicted octanol–water partition coefficient (Wildman–Crippen LogP) is 0.783. The van der Waals surface area contributed by atoms with Gasteiger partial charge in [-0.05, 0) is 25.1 Å². The van der Waals surface area contributed by atoms with Crippen LogP contribution in [0.5, 0.6) is 23.0 Å². The minimum Gasteiger partial charge on any atom is -0.508 e. The van der Waals surface area contributed by atoms with Gasteiger partial charge in [0.1, 0.15) is 46.5 Å². The van der Waals surface area contributed by atoms with Crippen LogP contribution in [-0.4, -0.2) is 61.3 Å². The number of fused-ring (bicyclic) bond motifs is 1. The van der Waals surface area contributed by atoms with Crippen LogP contribution in [0, 0.1) is 0 Å². The molecular weight excluding hydrogens is 412 g/mol. The Kier molecular flexibility index (Phi) is 5.23. The molecule has 2 aromatic carbocycles. The third-order valence-electron chi connectivity index (χ3n) is 5.09. The van der Waals surface area contributed by atoms with E-state index in [0.717, 1.165) is 12.1 Å². The second-order valence-corrected chi connectivity index (χ2v) is 7.29. The smallest absolute Gasteiger partial charge is 0.229 e. The molecule has 0 unspecified atom stereocenters. The highest BCUT2D eigenvalue weighted by atomic mass is 16.7. The fourth-order valence-corrected chi connectivity index (χ4v) is 3.39. The van der Waals surface area contributed by atoms with E-state index in [0.29, 0.717) is 5.56 Å². The van der Waals surface area contributed by atoms with E-state index < -0.39 is 41.9 Å². The van der Waals surface area contributed by atoms with Gasteiger partial charge in [-0.15, -0.1) is 0 Å². The Hall–Kier alpha value is -3.31. The average Bonchev–Trinajstić information content (AvgIpc) is 2.71. The second kappa shape index (κ2) is 7.75. The number of phenols is 3. The van der Waals surface area contributed by atoms with Crippen molar-refractivity contribution >= 4 is 11.0 Å². The molecule has 0 aliphatic carbocycles. The Labute approximate surface area is 174 Å². The molecule has 164 valence electrons. The van der Waals surface area contributed by atoms with Crippen LogP contribution in [0.3, 0.4) is 0 Å². The lowest BCUT2D eigenvalue weighted by Crippen LogP contribution is -2.58. The summed E-state index contributed by atoms with van der Waals surface area (Å²) in [6.07, 6.45) is -6.63. The van der Waals surface area contributed by atoms with E-state index in [1.54, 1.807) is 0 Å². The SMILES string of the molecule is C[C@@H]1O[C@@H](Oc2cc(-c3cc(=O)c4c(O)cc(O)cc4o3)ccc2O)[C@@H](O)[C@H](O)[C@H]1O. The molecule has 2 heterocycles. The number of aromatic hydroxyl groups is 3. The van der Waals surface area contributed by atoms with Gasteiger partial charge in [0, 0.05) is 23.8 Å². The fourth-order valence-electron chi connectivity index (χ4n) is 3.39. The minimum absolute atomic E-state index is 0.0486. The molecule has 0 amide bonds. The Morgan fingerprint density at radius 1 is 0.903 bits per heavy atom. The van der Waals surface area contributed by atoms with Gasteiger partial charge >= 0.3 is 0 Å². The lowest BCUT2D eigenvalue weighted by Gasteiger charge is -2.38. The van der Waals surface area contributed by atoms with Crippen molar-refractivity contribution in [3.63, 3.8) is 0 Å². The van der Waals surface area contributed by atoms with Crippen LogP contribution in [0.2, 0.25) is 0 Å². The van der Waals surface area contributed by atoms with Crippen LogP contribution >= 0.6 is 0 Å². The van der Waals surface area contributed by atoms with Gasteiger partial charge in [0.2, 0.25) is 6.29 Å². The first-order valence-corrected chi connectivity index (χ1v) is 9.35. The van der Waals surface area contributed by atoms with Crippen LogP contribution in [-0.2, 0) is 4.74 Å². The molecular formula is C21H20O10.